The Bertz CT molecular complexity index is 952. The van der Waals surface area contributed by atoms with Crippen molar-refractivity contribution >= 4 is 5.97 Å². The fraction of sp³-hybridized carbons (Fsp3) is 0.900. The molecule has 4 fully saturated rings. The van der Waals surface area contributed by atoms with E-state index >= 15 is 0 Å². The molecule has 0 unspecified atom stereocenters. The number of aliphatic hydroxyl groups is 3. The van der Waals surface area contributed by atoms with Gasteiger partial charge in [0, 0.05) is 5.41 Å². The third kappa shape index (κ3) is 2.95. The molecule has 35 heavy (non-hydrogen) atoms. The van der Waals surface area contributed by atoms with Crippen LogP contribution in [0, 0.1) is 50.2 Å². The molecule has 4 saturated carbocycles. The van der Waals surface area contributed by atoms with Crippen LogP contribution in [0.4, 0.5) is 0 Å². The zero-order chi connectivity index (χ0) is 26.0. The molecule has 0 saturated heterocycles. The Hall–Kier alpha value is -0.910. The molecule has 4 N–H and O–H groups in total. The summed E-state index contributed by atoms with van der Waals surface area (Å²) < 4.78 is 0. The van der Waals surface area contributed by atoms with E-state index in [2.05, 4.69) is 54.5 Å². The number of hydrogen-bond donors (Lipinski definition) is 4. The van der Waals surface area contributed by atoms with Gasteiger partial charge in [-0.3, -0.25) is 4.79 Å². The van der Waals surface area contributed by atoms with Gasteiger partial charge < -0.3 is 20.4 Å². The van der Waals surface area contributed by atoms with E-state index in [0.29, 0.717) is 0 Å². The topological polar surface area (TPSA) is 98.0 Å². The molecule has 5 aliphatic carbocycles. The summed E-state index contributed by atoms with van der Waals surface area (Å²) in [5.74, 6) is -0.292. The Morgan fingerprint density at radius 2 is 1.49 bits per heavy atom. The van der Waals surface area contributed by atoms with Crippen molar-refractivity contribution < 1.29 is 25.2 Å². The highest BCUT2D eigenvalue weighted by molar-refractivity contribution is 5.76. The summed E-state index contributed by atoms with van der Waals surface area (Å²) in [7, 11) is 0. The second kappa shape index (κ2) is 7.35. The molecule has 5 rings (SSSR count). The smallest absolute Gasteiger partial charge is 0.310 e. The number of aliphatic hydroxyl groups excluding tert-OH is 3. The minimum atomic E-state index is -1.16. The van der Waals surface area contributed by atoms with Crippen LogP contribution in [0.25, 0.3) is 0 Å². The molecule has 0 heterocycles. The van der Waals surface area contributed by atoms with E-state index in [0.717, 1.165) is 51.4 Å². The Kier molecular flexibility index (Phi) is 5.40. The Morgan fingerprint density at radius 1 is 0.857 bits per heavy atom. The summed E-state index contributed by atoms with van der Waals surface area (Å²) in [6.45, 7) is 15.6. The lowest BCUT2D eigenvalue weighted by Crippen LogP contribution is -2.72. The van der Waals surface area contributed by atoms with Crippen LogP contribution in [0.1, 0.15) is 99.8 Å². The predicted octanol–water partition coefficient (Wildman–Crippen LogP) is 5.18. The van der Waals surface area contributed by atoms with E-state index in [9.17, 15) is 25.2 Å². The summed E-state index contributed by atoms with van der Waals surface area (Å²) in [6.07, 6.45) is 6.22. The van der Waals surface area contributed by atoms with Gasteiger partial charge in [0.05, 0.1) is 17.6 Å². The fourth-order valence-electron chi connectivity index (χ4n) is 10.7. The summed E-state index contributed by atoms with van der Waals surface area (Å²) >= 11 is 0. The van der Waals surface area contributed by atoms with Gasteiger partial charge in [-0.15, -0.1) is 0 Å². The van der Waals surface area contributed by atoms with Crippen molar-refractivity contribution in [2.24, 2.45) is 50.2 Å². The molecular weight excluding hydrogens is 440 g/mol. The Labute approximate surface area is 211 Å². The minimum Gasteiger partial charge on any atom is -0.481 e. The van der Waals surface area contributed by atoms with Gasteiger partial charge in [0.25, 0.3) is 0 Å². The molecule has 0 spiro atoms. The van der Waals surface area contributed by atoms with Crippen molar-refractivity contribution in [1.29, 1.82) is 0 Å². The molecule has 5 aliphatic rings. The van der Waals surface area contributed by atoms with Crippen LogP contribution in [0.2, 0.25) is 0 Å². The maximum absolute atomic E-state index is 12.8. The van der Waals surface area contributed by atoms with E-state index in [1.54, 1.807) is 0 Å². The van der Waals surface area contributed by atoms with Crippen LogP contribution in [0.15, 0.2) is 11.6 Å². The summed E-state index contributed by atoms with van der Waals surface area (Å²) in [5, 5.41) is 43.9. The van der Waals surface area contributed by atoms with Gasteiger partial charge >= 0.3 is 5.97 Å². The summed E-state index contributed by atoms with van der Waals surface area (Å²) in [6, 6.07) is 0. The van der Waals surface area contributed by atoms with E-state index in [4.69, 9.17) is 0 Å². The van der Waals surface area contributed by atoms with E-state index < -0.39 is 40.5 Å². The number of carboxylic acid groups (broad SMARTS) is 1. The highest BCUT2D eigenvalue weighted by Gasteiger charge is 2.72. The molecule has 0 amide bonds. The van der Waals surface area contributed by atoms with Crippen molar-refractivity contribution in [2.75, 3.05) is 0 Å². The summed E-state index contributed by atoms with van der Waals surface area (Å²) in [4.78, 5) is 12.8. The molecule has 0 aromatic carbocycles. The van der Waals surface area contributed by atoms with Gasteiger partial charge in [0.2, 0.25) is 0 Å². The standard InChI is InChI=1S/C30H48O5/c1-25(2)12-14-30(24(34)35)15-13-27(5)17(18(30)16-25)8-9-20-28(27,6)11-10-19-26(3,4)22(32)21(31)23(33)29(19,20)7/h8,18-23,31-33H,9-16H2,1-7H3,(H,34,35)/t18-,19-,20-,21-,22-,23-,27+,28+,29-,30-/m0/s1. The first-order valence-corrected chi connectivity index (χ1v) is 14.0. The van der Waals surface area contributed by atoms with Crippen LogP contribution in [-0.2, 0) is 4.79 Å². The van der Waals surface area contributed by atoms with E-state index in [-0.39, 0.29) is 34.0 Å². The minimum absolute atomic E-state index is 0.0611. The van der Waals surface area contributed by atoms with Crippen molar-refractivity contribution in [2.45, 2.75) is 118 Å². The largest absolute Gasteiger partial charge is 0.481 e. The molecule has 0 bridgehead atoms. The van der Waals surface area contributed by atoms with Crippen molar-refractivity contribution in [3.8, 4) is 0 Å². The van der Waals surface area contributed by atoms with Gasteiger partial charge in [-0.05, 0) is 90.8 Å². The number of fused-ring (bicyclic) bond motifs is 7. The molecule has 0 aromatic heterocycles. The molecule has 0 radical (unpaired) electrons. The highest BCUT2D eigenvalue weighted by atomic mass is 16.4. The first-order chi connectivity index (χ1) is 16.0. The number of rotatable bonds is 1. The maximum Gasteiger partial charge on any atom is 0.310 e. The summed E-state index contributed by atoms with van der Waals surface area (Å²) in [5.41, 5.74) is -0.402. The first-order valence-electron chi connectivity index (χ1n) is 14.0. The van der Waals surface area contributed by atoms with Crippen LogP contribution >= 0.6 is 0 Å². The SMILES string of the molecule is CC1(C)CC[C@]2(C(=O)O)CC[C@]3(C)C(=CC[C@@H]4[C@@]5(C)[C@@H](O)[C@@H](O)[C@H](O)C(C)(C)[C@@H]5CC[C@]43C)[C@@H]2C1. The average molecular weight is 489 g/mol. The normalized spacial score (nSPS) is 54.4. The van der Waals surface area contributed by atoms with Gasteiger partial charge in [-0.25, -0.2) is 0 Å². The zero-order valence-corrected chi connectivity index (χ0v) is 22.9. The van der Waals surface area contributed by atoms with Crippen molar-refractivity contribution in [3.63, 3.8) is 0 Å². The lowest BCUT2D eigenvalue weighted by molar-refractivity contribution is -0.278. The quantitative estimate of drug-likeness (QED) is 0.382. The van der Waals surface area contributed by atoms with Crippen LogP contribution in [0.5, 0.6) is 0 Å². The monoisotopic (exact) mass is 488 g/mol. The average Bonchev–Trinajstić information content (AvgIpc) is 2.76. The molecule has 10 atom stereocenters. The first kappa shape index (κ1) is 25.7. The third-order valence-electron chi connectivity index (χ3n) is 13.2. The van der Waals surface area contributed by atoms with Gasteiger partial charge in [0.1, 0.15) is 6.10 Å². The van der Waals surface area contributed by atoms with Crippen molar-refractivity contribution in [3.05, 3.63) is 11.6 Å². The molecule has 0 aromatic rings. The lowest BCUT2D eigenvalue weighted by atomic mass is 9.33. The maximum atomic E-state index is 12.8. The molecular formula is C30H48O5. The van der Waals surface area contributed by atoms with E-state index in [1.165, 1.54) is 5.57 Å². The van der Waals surface area contributed by atoms with Crippen LogP contribution < -0.4 is 0 Å². The number of aliphatic carboxylic acids is 1. The number of carboxylic acids is 1. The molecule has 5 heteroatoms. The second-order valence-corrected chi connectivity index (χ2v) is 15.2. The van der Waals surface area contributed by atoms with Crippen molar-refractivity contribution in [1.82, 2.24) is 0 Å². The predicted molar refractivity (Wildman–Crippen MR) is 135 cm³/mol. The molecule has 198 valence electrons. The zero-order valence-electron chi connectivity index (χ0n) is 22.9. The number of carbonyl (C=O) groups is 1. The highest BCUT2D eigenvalue weighted by Crippen LogP contribution is 2.75. The molecule has 0 aliphatic heterocycles. The van der Waals surface area contributed by atoms with Gasteiger partial charge in [-0.2, -0.15) is 0 Å². The lowest BCUT2D eigenvalue weighted by Gasteiger charge is -2.72. The Morgan fingerprint density at radius 3 is 2.11 bits per heavy atom. The second-order valence-electron chi connectivity index (χ2n) is 15.2. The third-order valence-corrected chi connectivity index (χ3v) is 13.2. The van der Waals surface area contributed by atoms with Crippen LogP contribution in [-0.4, -0.2) is 44.7 Å². The van der Waals surface area contributed by atoms with Gasteiger partial charge in [-0.1, -0.05) is 60.1 Å². The van der Waals surface area contributed by atoms with E-state index in [1.807, 2.05) is 0 Å². The number of hydrogen-bond acceptors (Lipinski definition) is 4. The number of allylic oxidation sites excluding steroid dienone is 2. The van der Waals surface area contributed by atoms with Crippen LogP contribution in [0.3, 0.4) is 0 Å². The fourth-order valence-corrected chi connectivity index (χ4v) is 10.7. The molecule has 5 nitrogen and oxygen atoms in total. The Balaban J connectivity index is 1.63. The van der Waals surface area contributed by atoms with Gasteiger partial charge in [0.15, 0.2) is 0 Å².